The number of hydrogen-bond donors (Lipinski definition) is 1. The summed E-state index contributed by atoms with van der Waals surface area (Å²) in [5.41, 5.74) is 0.641. The number of rotatable bonds is 5. The Kier molecular flexibility index (Phi) is 6.82. The minimum absolute atomic E-state index is 0.0325. The second-order valence-corrected chi connectivity index (χ2v) is 9.23. The zero-order chi connectivity index (χ0) is 19.4. The minimum atomic E-state index is -0.385. The van der Waals surface area contributed by atoms with Gasteiger partial charge in [-0.15, -0.1) is 11.8 Å². The maximum Gasteiger partial charge on any atom is 0.255 e. The van der Waals surface area contributed by atoms with Gasteiger partial charge in [-0.25, -0.2) is 0 Å². The maximum atomic E-state index is 12.8. The van der Waals surface area contributed by atoms with Gasteiger partial charge in [0.1, 0.15) is 6.04 Å². The topological polar surface area (TPSA) is 52.7 Å². The summed E-state index contributed by atoms with van der Waals surface area (Å²) in [6.45, 7) is 9.73. The predicted octanol–water partition coefficient (Wildman–Crippen LogP) is 2.68. The first kappa shape index (κ1) is 20.2. The molecule has 0 radical (unpaired) electrons. The quantitative estimate of drug-likeness (QED) is 0.841. The molecule has 4 atom stereocenters. The smallest absolute Gasteiger partial charge is 0.255 e. The van der Waals surface area contributed by atoms with Gasteiger partial charge in [-0.3, -0.25) is 9.59 Å². The van der Waals surface area contributed by atoms with Crippen molar-refractivity contribution in [3.63, 3.8) is 0 Å². The molecule has 2 aliphatic heterocycles. The molecule has 0 bridgehead atoms. The Hall–Kier alpha value is -1.53. The number of nitrogens with zero attached hydrogens (tertiary/aromatic N) is 2. The summed E-state index contributed by atoms with van der Waals surface area (Å²) in [6.07, 6.45) is 1.28. The Bertz CT molecular complexity index is 644. The van der Waals surface area contributed by atoms with Crippen LogP contribution in [0.1, 0.15) is 37.6 Å². The molecule has 0 aliphatic carbocycles. The second-order valence-electron chi connectivity index (χ2n) is 8.23. The lowest BCUT2D eigenvalue weighted by atomic mass is 9.92. The standard InChI is InChI=1S/C21H31N3O2S/c1-15-9-16(2)11-23(10-15)12-17(3)22-20(25)19-13-27-14-24(19)21(26)18-7-5-4-6-8-18/h4-8,15-17,19H,9-14H2,1-3H3,(H,22,25). The van der Waals surface area contributed by atoms with Gasteiger partial charge in [-0.2, -0.15) is 0 Å². The van der Waals surface area contributed by atoms with Crippen molar-refractivity contribution < 1.29 is 9.59 Å². The number of nitrogens with one attached hydrogen (secondary N) is 1. The van der Waals surface area contributed by atoms with Gasteiger partial charge in [0.05, 0.1) is 5.88 Å². The van der Waals surface area contributed by atoms with Crippen LogP contribution in [0.2, 0.25) is 0 Å². The van der Waals surface area contributed by atoms with E-state index in [-0.39, 0.29) is 23.9 Å². The first-order valence-corrected chi connectivity index (χ1v) is 11.1. The molecular weight excluding hydrogens is 358 g/mol. The van der Waals surface area contributed by atoms with Crippen LogP contribution in [0, 0.1) is 11.8 Å². The molecule has 3 rings (SSSR count). The van der Waals surface area contributed by atoms with Gasteiger partial charge in [0.25, 0.3) is 5.91 Å². The lowest BCUT2D eigenvalue weighted by Gasteiger charge is -2.36. The molecule has 2 heterocycles. The van der Waals surface area contributed by atoms with E-state index < -0.39 is 0 Å². The van der Waals surface area contributed by atoms with Gasteiger partial charge in [0.2, 0.25) is 5.91 Å². The van der Waals surface area contributed by atoms with Crippen LogP contribution in [-0.4, -0.2) is 65.0 Å². The Labute approximate surface area is 166 Å². The highest BCUT2D eigenvalue weighted by atomic mass is 32.2. The molecule has 0 saturated carbocycles. The molecule has 27 heavy (non-hydrogen) atoms. The van der Waals surface area contributed by atoms with Gasteiger partial charge in [0, 0.05) is 37.0 Å². The fraction of sp³-hybridized carbons (Fsp3) is 0.619. The number of likely N-dealkylation sites (tertiary alicyclic amines) is 1. The zero-order valence-corrected chi connectivity index (χ0v) is 17.4. The Morgan fingerprint density at radius 3 is 2.52 bits per heavy atom. The Morgan fingerprint density at radius 2 is 1.85 bits per heavy atom. The van der Waals surface area contributed by atoms with Crippen molar-refractivity contribution in [2.75, 3.05) is 31.3 Å². The van der Waals surface area contributed by atoms with E-state index in [1.165, 1.54) is 6.42 Å². The van der Waals surface area contributed by atoms with E-state index in [1.807, 2.05) is 30.3 Å². The van der Waals surface area contributed by atoms with Gasteiger partial charge in [-0.05, 0) is 37.3 Å². The van der Waals surface area contributed by atoms with E-state index in [2.05, 4.69) is 31.0 Å². The number of carbonyl (C=O) groups is 2. The van der Waals surface area contributed by atoms with Crippen LogP contribution in [0.25, 0.3) is 0 Å². The maximum absolute atomic E-state index is 12.8. The molecule has 4 unspecified atom stereocenters. The zero-order valence-electron chi connectivity index (χ0n) is 16.6. The molecular formula is C21H31N3O2S. The largest absolute Gasteiger partial charge is 0.351 e. The summed E-state index contributed by atoms with van der Waals surface area (Å²) < 4.78 is 0. The van der Waals surface area contributed by atoms with Crippen LogP contribution in [0.15, 0.2) is 30.3 Å². The summed E-state index contributed by atoms with van der Waals surface area (Å²) >= 11 is 1.64. The van der Waals surface area contributed by atoms with Gasteiger partial charge >= 0.3 is 0 Å². The van der Waals surface area contributed by atoms with E-state index in [4.69, 9.17) is 0 Å². The fourth-order valence-electron chi connectivity index (χ4n) is 4.32. The molecule has 1 aromatic carbocycles. The van der Waals surface area contributed by atoms with E-state index >= 15 is 0 Å². The summed E-state index contributed by atoms with van der Waals surface area (Å²) in [4.78, 5) is 29.8. The molecule has 2 saturated heterocycles. The highest BCUT2D eigenvalue weighted by Gasteiger charge is 2.35. The average molecular weight is 390 g/mol. The number of carbonyl (C=O) groups excluding carboxylic acids is 2. The third-order valence-corrected chi connectivity index (χ3v) is 6.34. The molecule has 1 aromatic rings. The fourth-order valence-corrected chi connectivity index (χ4v) is 5.47. The highest BCUT2D eigenvalue weighted by Crippen LogP contribution is 2.24. The van der Waals surface area contributed by atoms with Crippen molar-refractivity contribution in [3.8, 4) is 0 Å². The third-order valence-electron chi connectivity index (χ3n) is 5.33. The van der Waals surface area contributed by atoms with E-state index in [9.17, 15) is 9.59 Å². The molecule has 5 nitrogen and oxygen atoms in total. The first-order chi connectivity index (χ1) is 12.9. The number of amides is 2. The van der Waals surface area contributed by atoms with E-state index in [1.54, 1.807) is 16.7 Å². The normalized spacial score (nSPS) is 27.4. The van der Waals surface area contributed by atoms with E-state index in [0.717, 1.165) is 19.6 Å². The molecule has 0 aromatic heterocycles. The lowest BCUT2D eigenvalue weighted by molar-refractivity contribution is -0.125. The van der Waals surface area contributed by atoms with Crippen LogP contribution < -0.4 is 5.32 Å². The minimum Gasteiger partial charge on any atom is -0.351 e. The van der Waals surface area contributed by atoms with E-state index in [0.29, 0.717) is 29.0 Å². The highest BCUT2D eigenvalue weighted by molar-refractivity contribution is 7.99. The van der Waals surface area contributed by atoms with Crippen molar-refractivity contribution in [3.05, 3.63) is 35.9 Å². The van der Waals surface area contributed by atoms with Gasteiger partial charge in [-0.1, -0.05) is 32.0 Å². The summed E-state index contributed by atoms with van der Waals surface area (Å²) in [7, 11) is 0. The van der Waals surface area contributed by atoms with Crippen LogP contribution in [-0.2, 0) is 4.79 Å². The number of hydrogen-bond acceptors (Lipinski definition) is 4. The van der Waals surface area contributed by atoms with Gasteiger partial charge in [0.15, 0.2) is 0 Å². The number of thioether (sulfide) groups is 1. The Morgan fingerprint density at radius 1 is 1.19 bits per heavy atom. The molecule has 0 spiro atoms. The summed E-state index contributed by atoms with van der Waals surface area (Å²) in [5.74, 6) is 2.56. The molecule has 2 aliphatic rings. The summed E-state index contributed by atoms with van der Waals surface area (Å²) in [5, 5.41) is 3.15. The van der Waals surface area contributed by atoms with Crippen molar-refractivity contribution in [2.45, 2.75) is 39.3 Å². The second kappa shape index (κ2) is 9.11. The summed E-state index contributed by atoms with van der Waals surface area (Å²) in [6, 6.07) is 8.91. The lowest BCUT2D eigenvalue weighted by Crippen LogP contribution is -2.52. The van der Waals surface area contributed by atoms with Crippen LogP contribution in [0.5, 0.6) is 0 Å². The van der Waals surface area contributed by atoms with Crippen molar-refractivity contribution in [2.24, 2.45) is 11.8 Å². The molecule has 148 valence electrons. The average Bonchev–Trinajstić information content (AvgIpc) is 3.10. The molecule has 6 heteroatoms. The van der Waals surface area contributed by atoms with Crippen LogP contribution >= 0.6 is 11.8 Å². The molecule has 1 N–H and O–H groups in total. The van der Waals surface area contributed by atoms with Crippen molar-refractivity contribution >= 4 is 23.6 Å². The predicted molar refractivity (Wildman–Crippen MR) is 111 cm³/mol. The van der Waals surface area contributed by atoms with Gasteiger partial charge < -0.3 is 15.1 Å². The monoisotopic (exact) mass is 389 g/mol. The number of piperidine rings is 1. The Balaban J connectivity index is 1.55. The third kappa shape index (κ3) is 5.26. The molecule has 2 fully saturated rings. The van der Waals surface area contributed by atoms with Crippen molar-refractivity contribution in [1.29, 1.82) is 0 Å². The molecule has 2 amide bonds. The van der Waals surface area contributed by atoms with Crippen LogP contribution in [0.3, 0.4) is 0 Å². The SMILES string of the molecule is CC1CC(C)CN(CC(C)NC(=O)C2CSCN2C(=O)c2ccccc2)C1. The number of benzene rings is 1. The van der Waals surface area contributed by atoms with Crippen molar-refractivity contribution in [1.82, 2.24) is 15.1 Å². The first-order valence-electron chi connectivity index (χ1n) is 9.90. The van der Waals surface area contributed by atoms with Crippen LogP contribution in [0.4, 0.5) is 0 Å².